The van der Waals surface area contributed by atoms with E-state index in [1.165, 1.54) is 16.7 Å². The Hall–Kier alpha value is -3.54. The van der Waals surface area contributed by atoms with Gasteiger partial charge in [0.25, 0.3) is 11.5 Å². The van der Waals surface area contributed by atoms with Gasteiger partial charge in [-0.2, -0.15) is 5.26 Å². The molecule has 2 heterocycles. The normalized spacial score (nSPS) is 12.8. The topological polar surface area (TPSA) is 131 Å². The van der Waals surface area contributed by atoms with Crippen LogP contribution >= 0.6 is 0 Å². The quantitative estimate of drug-likeness (QED) is 0.755. The van der Waals surface area contributed by atoms with Crippen LogP contribution in [-0.2, 0) is 16.1 Å². The SMILES string of the molecule is CC(C)(C)OC(=O)CNC(=O)c1c(O)c2ccc(C#N)c3c2n(c1=O)CCO3. The molecule has 0 radical (unpaired) electrons. The molecule has 0 aliphatic carbocycles. The predicted molar refractivity (Wildman–Crippen MR) is 98.3 cm³/mol. The number of benzene rings is 1. The van der Waals surface area contributed by atoms with Gasteiger partial charge in [-0.1, -0.05) is 0 Å². The summed E-state index contributed by atoms with van der Waals surface area (Å²) in [6.07, 6.45) is 0. The number of carbonyl (C=O) groups is 2. The van der Waals surface area contributed by atoms with Crippen LogP contribution in [0.4, 0.5) is 0 Å². The molecule has 1 amide bonds. The summed E-state index contributed by atoms with van der Waals surface area (Å²) in [7, 11) is 0. The van der Waals surface area contributed by atoms with Gasteiger partial charge in [-0.25, -0.2) is 0 Å². The van der Waals surface area contributed by atoms with Gasteiger partial charge in [-0.05, 0) is 32.9 Å². The highest BCUT2D eigenvalue weighted by molar-refractivity contribution is 6.04. The first-order valence-electron chi connectivity index (χ1n) is 8.59. The number of nitrogens with one attached hydrogen (secondary N) is 1. The van der Waals surface area contributed by atoms with E-state index in [0.717, 1.165) is 0 Å². The maximum atomic E-state index is 12.8. The summed E-state index contributed by atoms with van der Waals surface area (Å²) in [6, 6.07) is 4.87. The summed E-state index contributed by atoms with van der Waals surface area (Å²) in [4.78, 5) is 37.1. The van der Waals surface area contributed by atoms with Crippen LogP contribution < -0.4 is 15.6 Å². The van der Waals surface area contributed by atoms with Crippen molar-refractivity contribution in [2.45, 2.75) is 32.9 Å². The minimum absolute atomic E-state index is 0.143. The fraction of sp³-hybridized carbons (Fsp3) is 0.368. The van der Waals surface area contributed by atoms with E-state index in [2.05, 4.69) is 5.32 Å². The molecular weight excluding hydrogens is 366 g/mol. The zero-order chi connectivity index (χ0) is 20.6. The van der Waals surface area contributed by atoms with Crippen LogP contribution in [0.2, 0.25) is 0 Å². The molecule has 0 bridgehead atoms. The zero-order valence-electron chi connectivity index (χ0n) is 15.7. The van der Waals surface area contributed by atoms with Crippen LogP contribution in [-0.4, -0.2) is 40.3 Å². The fourth-order valence-electron chi connectivity index (χ4n) is 3.01. The average molecular weight is 385 g/mol. The molecule has 1 aromatic carbocycles. The van der Waals surface area contributed by atoms with E-state index in [9.17, 15) is 24.8 Å². The summed E-state index contributed by atoms with van der Waals surface area (Å²) in [6.45, 7) is 4.92. The molecule has 2 N–H and O–H groups in total. The molecule has 2 aromatic rings. The molecule has 9 heteroatoms. The van der Waals surface area contributed by atoms with Gasteiger partial charge in [-0.15, -0.1) is 0 Å². The molecular formula is C19H19N3O6. The summed E-state index contributed by atoms with van der Waals surface area (Å²) < 4.78 is 11.9. The standard InChI is InChI=1S/C19H19N3O6/c1-19(2,3)28-12(23)9-21-17(25)13-15(24)11-5-4-10(8-20)16-14(11)22(18(13)26)6-7-27-16/h4-5,24H,6-7,9H2,1-3H3,(H,21,25). The third kappa shape index (κ3) is 3.36. The van der Waals surface area contributed by atoms with Crippen molar-refractivity contribution in [1.29, 1.82) is 5.26 Å². The number of ether oxygens (including phenoxy) is 2. The van der Waals surface area contributed by atoms with Crippen molar-refractivity contribution >= 4 is 22.8 Å². The number of hydrogen-bond donors (Lipinski definition) is 2. The molecule has 0 unspecified atom stereocenters. The lowest BCUT2D eigenvalue weighted by atomic mass is 10.0. The Morgan fingerprint density at radius 1 is 1.39 bits per heavy atom. The van der Waals surface area contributed by atoms with Crippen molar-refractivity contribution in [1.82, 2.24) is 9.88 Å². The molecule has 0 atom stereocenters. The fourth-order valence-corrected chi connectivity index (χ4v) is 3.01. The van der Waals surface area contributed by atoms with Crippen molar-refractivity contribution in [3.63, 3.8) is 0 Å². The lowest BCUT2D eigenvalue weighted by Gasteiger charge is -2.23. The van der Waals surface area contributed by atoms with Gasteiger partial charge in [0.05, 0.1) is 17.6 Å². The van der Waals surface area contributed by atoms with Crippen LogP contribution in [0, 0.1) is 11.3 Å². The molecule has 1 aliphatic heterocycles. The molecule has 9 nitrogen and oxygen atoms in total. The van der Waals surface area contributed by atoms with E-state index in [4.69, 9.17) is 9.47 Å². The van der Waals surface area contributed by atoms with Gasteiger partial charge in [0.15, 0.2) is 5.75 Å². The van der Waals surface area contributed by atoms with Gasteiger partial charge in [0.1, 0.15) is 36.1 Å². The molecule has 28 heavy (non-hydrogen) atoms. The van der Waals surface area contributed by atoms with Gasteiger partial charge >= 0.3 is 5.97 Å². The van der Waals surface area contributed by atoms with Gasteiger partial charge < -0.3 is 24.5 Å². The first kappa shape index (κ1) is 19.2. The van der Waals surface area contributed by atoms with Crippen molar-refractivity contribution in [2.75, 3.05) is 13.2 Å². The van der Waals surface area contributed by atoms with Gasteiger partial charge in [0, 0.05) is 5.39 Å². The minimum atomic E-state index is -0.892. The Morgan fingerprint density at radius 2 is 2.11 bits per heavy atom. The van der Waals surface area contributed by atoms with E-state index < -0.39 is 40.9 Å². The Morgan fingerprint density at radius 3 is 2.75 bits per heavy atom. The lowest BCUT2D eigenvalue weighted by molar-refractivity contribution is -0.153. The highest BCUT2D eigenvalue weighted by Crippen LogP contribution is 2.36. The molecule has 0 saturated heterocycles. The average Bonchev–Trinajstić information content (AvgIpc) is 2.62. The zero-order valence-corrected chi connectivity index (χ0v) is 15.7. The second-order valence-electron chi connectivity index (χ2n) is 7.25. The number of amides is 1. The summed E-state index contributed by atoms with van der Waals surface area (Å²) in [5.41, 5.74) is -1.44. The van der Waals surface area contributed by atoms with Crippen LogP contribution in [0.25, 0.3) is 10.9 Å². The molecule has 3 rings (SSSR count). The maximum absolute atomic E-state index is 12.8. The smallest absolute Gasteiger partial charge is 0.325 e. The summed E-state index contributed by atoms with van der Waals surface area (Å²) in [5, 5.41) is 22.3. The third-order valence-electron chi connectivity index (χ3n) is 4.07. The number of aromatic hydroxyl groups is 1. The summed E-state index contributed by atoms with van der Waals surface area (Å²) >= 11 is 0. The van der Waals surface area contributed by atoms with E-state index in [-0.39, 0.29) is 35.4 Å². The number of rotatable bonds is 3. The van der Waals surface area contributed by atoms with E-state index in [1.807, 2.05) is 6.07 Å². The first-order chi connectivity index (χ1) is 13.1. The second kappa shape index (κ2) is 6.88. The molecule has 0 saturated carbocycles. The number of pyridine rings is 1. The highest BCUT2D eigenvalue weighted by atomic mass is 16.6. The summed E-state index contributed by atoms with van der Waals surface area (Å²) in [5.74, 6) is -1.90. The third-order valence-corrected chi connectivity index (χ3v) is 4.07. The largest absolute Gasteiger partial charge is 0.506 e. The van der Waals surface area contributed by atoms with E-state index in [1.54, 1.807) is 20.8 Å². The molecule has 146 valence electrons. The Balaban J connectivity index is 2.02. The maximum Gasteiger partial charge on any atom is 0.325 e. The van der Waals surface area contributed by atoms with Crippen LogP contribution in [0.1, 0.15) is 36.7 Å². The minimum Gasteiger partial charge on any atom is -0.506 e. The van der Waals surface area contributed by atoms with Crippen molar-refractivity contribution in [3.05, 3.63) is 33.6 Å². The number of hydrogen-bond acceptors (Lipinski definition) is 7. The predicted octanol–water partition coefficient (Wildman–Crippen LogP) is 1.04. The molecule has 1 aliphatic rings. The number of nitrogens with zero attached hydrogens (tertiary/aromatic N) is 2. The number of nitriles is 1. The van der Waals surface area contributed by atoms with Crippen LogP contribution in [0.15, 0.2) is 16.9 Å². The second-order valence-corrected chi connectivity index (χ2v) is 7.25. The molecule has 0 spiro atoms. The number of carbonyl (C=O) groups excluding carboxylic acids is 2. The highest BCUT2D eigenvalue weighted by Gasteiger charge is 2.28. The Kier molecular flexibility index (Phi) is 4.73. The number of aromatic nitrogens is 1. The van der Waals surface area contributed by atoms with Crippen molar-refractivity contribution < 1.29 is 24.2 Å². The van der Waals surface area contributed by atoms with Gasteiger partial charge in [0.2, 0.25) is 0 Å². The van der Waals surface area contributed by atoms with Crippen molar-refractivity contribution in [3.8, 4) is 17.6 Å². The Labute approximate surface area is 160 Å². The van der Waals surface area contributed by atoms with Crippen molar-refractivity contribution in [2.24, 2.45) is 0 Å². The Bertz CT molecular complexity index is 1090. The van der Waals surface area contributed by atoms with Gasteiger partial charge in [-0.3, -0.25) is 14.4 Å². The monoisotopic (exact) mass is 385 g/mol. The van der Waals surface area contributed by atoms with E-state index in [0.29, 0.717) is 0 Å². The number of esters is 1. The first-order valence-corrected chi connectivity index (χ1v) is 8.59. The van der Waals surface area contributed by atoms with E-state index >= 15 is 0 Å². The van der Waals surface area contributed by atoms with Crippen LogP contribution in [0.5, 0.6) is 11.5 Å². The molecule has 1 aromatic heterocycles. The lowest BCUT2D eigenvalue weighted by Crippen LogP contribution is -2.39. The van der Waals surface area contributed by atoms with Crippen LogP contribution in [0.3, 0.4) is 0 Å². The molecule has 0 fully saturated rings.